The molecule has 0 spiro atoms. The number of urea groups is 1. The Bertz CT molecular complexity index is 938. The minimum Gasteiger partial charge on any atom is -0.450 e. The lowest BCUT2D eigenvalue weighted by Gasteiger charge is -2.35. The van der Waals surface area contributed by atoms with Crippen LogP contribution in [0.5, 0.6) is 0 Å². The molecule has 0 bridgehead atoms. The molecule has 0 radical (unpaired) electrons. The zero-order valence-corrected chi connectivity index (χ0v) is 17.6. The quantitative estimate of drug-likeness (QED) is 0.801. The lowest BCUT2D eigenvalue weighted by atomic mass is 10.0. The molecule has 0 saturated carbocycles. The standard InChI is InChI=1S/C23H28N4O3/c1-3-30-22(28)24-19-11-10-18-9-8-17-6-4-5-7-20(17)27(21(18)16-19)23(29)26-14-12-25(2)13-15-26/h4-7,10-11,16H,3,8-9,12-15H2,1-2H3,(H,24,28)/p+1. The third kappa shape index (κ3) is 4.11. The summed E-state index contributed by atoms with van der Waals surface area (Å²) in [5.74, 6) is 0. The number of amides is 3. The van der Waals surface area contributed by atoms with Crippen LogP contribution in [0.1, 0.15) is 18.1 Å². The topological polar surface area (TPSA) is 66.3 Å². The van der Waals surface area contributed by atoms with Gasteiger partial charge in [-0.1, -0.05) is 24.3 Å². The molecule has 4 rings (SSSR count). The van der Waals surface area contributed by atoms with Crippen molar-refractivity contribution in [2.24, 2.45) is 0 Å². The van der Waals surface area contributed by atoms with E-state index in [1.807, 2.05) is 46.2 Å². The molecule has 2 aromatic rings. The molecule has 0 aliphatic carbocycles. The van der Waals surface area contributed by atoms with Crippen LogP contribution in [0.25, 0.3) is 0 Å². The summed E-state index contributed by atoms with van der Waals surface area (Å²) in [5, 5.41) is 2.77. The maximum Gasteiger partial charge on any atom is 0.411 e. The fourth-order valence-electron chi connectivity index (χ4n) is 4.11. The van der Waals surface area contributed by atoms with Gasteiger partial charge in [0.1, 0.15) is 0 Å². The first kappa shape index (κ1) is 20.2. The highest BCUT2D eigenvalue weighted by molar-refractivity contribution is 6.02. The van der Waals surface area contributed by atoms with E-state index in [1.54, 1.807) is 6.92 Å². The highest BCUT2D eigenvalue weighted by atomic mass is 16.5. The Morgan fingerprint density at radius 1 is 1.03 bits per heavy atom. The van der Waals surface area contributed by atoms with Crippen molar-refractivity contribution in [3.63, 3.8) is 0 Å². The number of hydrogen-bond acceptors (Lipinski definition) is 3. The summed E-state index contributed by atoms with van der Waals surface area (Å²) in [6, 6.07) is 13.8. The van der Waals surface area contributed by atoms with E-state index < -0.39 is 6.09 Å². The van der Waals surface area contributed by atoms with Crippen LogP contribution in [0.4, 0.5) is 26.7 Å². The maximum atomic E-state index is 13.7. The molecule has 0 atom stereocenters. The van der Waals surface area contributed by atoms with E-state index in [-0.39, 0.29) is 6.03 Å². The number of ether oxygens (including phenoxy) is 1. The van der Waals surface area contributed by atoms with E-state index in [0.717, 1.165) is 61.5 Å². The summed E-state index contributed by atoms with van der Waals surface area (Å²) in [6.07, 6.45) is 1.21. The molecule has 0 unspecified atom stereocenters. The van der Waals surface area contributed by atoms with Gasteiger partial charge in [-0.05, 0) is 49.1 Å². The van der Waals surface area contributed by atoms with Gasteiger partial charge in [0.05, 0.1) is 51.2 Å². The third-order valence-electron chi connectivity index (χ3n) is 5.82. The van der Waals surface area contributed by atoms with Crippen molar-refractivity contribution in [2.75, 3.05) is 50.1 Å². The molecule has 30 heavy (non-hydrogen) atoms. The number of hydrogen-bond donors (Lipinski definition) is 2. The summed E-state index contributed by atoms with van der Waals surface area (Å²) >= 11 is 0. The number of anilines is 3. The first-order valence-corrected chi connectivity index (χ1v) is 10.6. The molecular weight excluding hydrogens is 380 g/mol. The van der Waals surface area contributed by atoms with Gasteiger partial charge in [0.25, 0.3) is 0 Å². The number of carbonyl (C=O) groups is 2. The molecule has 2 aromatic carbocycles. The smallest absolute Gasteiger partial charge is 0.411 e. The van der Waals surface area contributed by atoms with E-state index in [2.05, 4.69) is 18.4 Å². The normalized spacial score (nSPS) is 16.3. The Morgan fingerprint density at radius 3 is 2.47 bits per heavy atom. The number of likely N-dealkylation sites (N-methyl/N-ethyl adjacent to an activating group) is 1. The van der Waals surface area contributed by atoms with Crippen LogP contribution in [-0.2, 0) is 17.6 Å². The highest BCUT2D eigenvalue weighted by Crippen LogP contribution is 2.38. The number of piperazine rings is 1. The van der Waals surface area contributed by atoms with Crippen LogP contribution >= 0.6 is 0 Å². The summed E-state index contributed by atoms with van der Waals surface area (Å²) in [7, 11) is 2.16. The number of quaternary nitrogens is 1. The second-order valence-corrected chi connectivity index (χ2v) is 7.88. The Kier molecular flexibility index (Phi) is 5.90. The molecule has 2 heterocycles. The number of para-hydroxylation sites is 1. The number of fused-ring (bicyclic) bond motifs is 2. The van der Waals surface area contributed by atoms with E-state index >= 15 is 0 Å². The minimum absolute atomic E-state index is 0.00798. The molecule has 2 N–H and O–H groups in total. The van der Waals surface area contributed by atoms with Crippen molar-refractivity contribution >= 4 is 29.2 Å². The van der Waals surface area contributed by atoms with Gasteiger partial charge in [-0.2, -0.15) is 0 Å². The lowest BCUT2D eigenvalue weighted by molar-refractivity contribution is -0.883. The number of rotatable bonds is 2. The molecule has 1 saturated heterocycles. The van der Waals surface area contributed by atoms with E-state index in [0.29, 0.717) is 12.3 Å². The molecule has 7 heteroatoms. The Labute approximate surface area is 177 Å². The van der Waals surface area contributed by atoms with Gasteiger partial charge in [0.2, 0.25) is 0 Å². The average Bonchev–Trinajstić information content (AvgIpc) is 2.90. The van der Waals surface area contributed by atoms with Gasteiger partial charge in [-0.25, -0.2) is 9.59 Å². The Hall–Kier alpha value is -3.06. The second kappa shape index (κ2) is 8.75. The molecule has 2 aliphatic rings. The molecule has 7 nitrogen and oxygen atoms in total. The SMILES string of the molecule is CCOC(=O)Nc1ccc2c(c1)N(C(=O)N1CC[NH+](C)CC1)c1ccccc1CC2. The molecule has 158 valence electrons. The zero-order valence-electron chi connectivity index (χ0n) is 17.6. The Morgan fingerprint density at radius 2 is 1.73 bits per heavy atom. The van der Waals surface area contributed by atoms with Gasteiger partial charge in [-0.3, -0.25) is 10.2 Å². The van der Waals surface area contributed by atoms with Crippen molar-refractivity contribution in [1.82, 2.24) is 4.90 Å². The van der Waals surface area contributed by atoms with Crippen LogP contribution in [0.2, 0.25) is 0 Å². The van der Waals surface area contributed by atoms with E-state index in [4.69, 9.17) is 4.74 Å². The van der Waals surface area contributed by atoms with Crippen LogP contribution in [0.3, 0.4) is 0 Å². The summed E-state index contributed by atoms with van der Waals surface area (Å²) in [5.41, 5.74) is 4.61. The first-order chi connectivity index (χ1) is 14.6. The van der Waals surface area contributed by atoms with Gasteiger partial charge < -0.3 is 14.5 Å². The Balaban J connectivity index is 1.73. The lowest BCUT2D eigenvalue weighted by Crippen LogP contribution is -3.12. The fraction of sp³-hybridized carbons (Fsp3) is 0.391. The van der Waals surface area contributed by atoms with Gasteiger partial charge in [0, 0.05) is 5.69 Å². The summed E-state index contributed by atoms with van der Waals surface area (Å²) < 4.78 is 5.01. The molecule has 2 aliphatic heterocycles. The number of aryl methyl sites for hydroxylation is 2. The first-order valence-electron chi connectivity index (χ1n) is 10.6. The largest absolute Gasteiger partial charge is 0.450 e. The van der Waals surface area contributed by atoms with Gasteiger partial charge in [0.15, 0.2) is 0 Å². The van der Waals surface area contributed by atoms with Crippen molar-refractivity contribution in [3.8, 4) is 0 Å². The minimum atomic E-state index is -0.494. The van der Waals surface area contributed by atoms with Crippen LogP contribution in [0.15, 0.2) is 42.5 Å². The van der Waals surface area contributed by atoms with E-state index in [9.17, 15) is 9.59 Å². The van der Waals surface area contributed by atoms with Crippen LogP contribution in [0, 0.1) is 0 Å². The molecule has 1 fully saturated rings. The predicted molar refractivity (Wildman–Crippen MR) is 117 cm³/mol. The number of benzene rings is 2. The maximum absolute atomic E-state index is 13.7. The molecule has 0 aromatic heterocycles. The van der Waals surface area contributed by atoms with Crippen LogP contribution < -0.4 is 15.1 Å². The van der Waals surface area contributed by atoms with E-state index in [1.165, 1.54) is 4.90 Å². The number of nitrogens with one attached hydrogen (secondary N) is 2. The second-order valence-electron chi connectivity index (χ2n) is 7.88. The monoisotopic (exact) mass is 409 g/mol. The van der Waals surface area contributed by atoms with Crippen molar-refractivity contribution in [2.45, 2.75) is 19.8 Å². The number of carbonyl (C=O) groups excluding carboxylic acids is 2. The van der Waals surface area contributed by atoms with Crippen molar-refractivity contribution < 1.29 is 19.2 Å². The van der Waals surface area contributed by atoms with Crippen molar-refractivity contribution in [1.29, 1.82) is 0 Å². The third-order valence-corrected chi connectivity index (χ3v) is 5.82. The molecular formula is C23H29N4O3+. The molecule has 3 amide bonds. The van der Waals surface area contributed by atoms with Crippen LogP contribution in [-0.4, -0.2) is 56.9 Å². The van der Waals surface area contributed by atoms with Gasteiger partial charge in [-0.15, -0.1) is 0 Å². The summed E-state index contributed by atoms with van der Waals surface area (Å²) in [6.45, 7) is 5.43. The highest BCUT2D eigenvalue weighted by Gasteiger charge is 2.31. The van der Waals surface area contributed by atoms with Gasteiger partial charge >= 0.3 is 12.1 Å². The number of nitrogens with zero attached hydrogens (tertiary/aromatic N) is 2. The predicted octanol–water partition coefficient (Wildman–Crippen LogP) is 2.44. The average molecular weight is 410 g/mol. The fourth-order valence-corrected chi connectivity index (χ4v) is 4.11. The van der Waals surface area contributed by atoms with Crippen molar-refractivity contribution in [3.05, 3.63) is 53.6 Å². The summed E-state index contributed by atoms with van der Waals surface area (Å²) in [4.78, 5) is 30.8. The zero-order chi connectivity index (χ0) is 21.1.